The van der Waals surface area contributed by atoms with Crippen LogP contribution >= 0.6 is 0 Å². The monoisotopic (exact) mass is 263 g/mol. The largest absolute Gasteiger partial charge is 0.493 e. The van der Waals surface area contributed by atoms with E-state index < -0.39 is 0 Å². The predicted octanol–water partition coefficient (Wildman–Crippen LogP) is 4.06. The van der Waals surface area contributed by atoms with E-state index in [2.05, 4.69) is 65.1 Å². The van der Waals surface area contributed by atoms with Crippen LogP contribution in [0.3, 0.4) is 0 Å². The summed E-state index contributed by atoms with van der Waals surface area (Å²) >= 11 is 0. The first-order chi connectivity index (χ1) is 8.80. The van der Waals surface area contributed by atoms with Gasteiger partial charge in [-0.2, -0.15) is 0 Å². The SMILES string of the molecule is Cc1ccc(C(C)(C)C)c(OCCCNC(C)C)c1. The Morgan fingerprint density at radius 3 is 2.47 bits per heavy atom. The van der Waals surface area contributed by atoms with Crippen LogP contribution in [0.1, 0.15) is 52.2 Å². The molecule has 2 nitrogen and oxygen atoms in total. The Morgan fingerprint density at radius 2 is 1.89 bits per heavy atom. The van der Waals surface area contributed by atoms with Crippen molar-refractivity contribution in [1.82, 2.24) is 5.32 Å². The normalized spacial score (nSPS) is 11.9. The van der Waals surface area contributed by atoms with E-state index in [-0.39, 0.29) is 5.41 Å². The molecule has 0 aliphatic heterocycles. The Labute approximate surface area is 118 Å². The number of ether oxygens (including phenoxy) is 1. The van der Waals surface area contributed by atoms with Crippen molar-refractivity contribution >= 4 is 0 Å². The fourth-order valence-corrected chi connectivity index (χ4v) is 2.01. The van der Waals surface area contributed by atoms with Gasteiger partial charge in [0.2, 0.25) is 0 Å². The first-order valence-electron chi connectivity index (χ1n) is 7.28. The van der Waals surface area contributed by atoms with Crippen molar-refractivity contribution in [1.29, 1.82) is 0 Å². The average Bonchev–Trinajstić information content (AvgIpc) is 2.26. The van der Waals surface area contributed by atoms with Crippen LogP contribution in [0.4, 0.5) is 0 Å². The van der Waals surface area contributed by atoms with Gasteiger partial charge in [-0.1, -0.05) is 46.8 Å². The lowest BCUT2D eigenvalue weighted by Crippen LogP contribution is -2.25. The number of rotatable bonds is 6. The maximum atomic E-state index is 5.99. The summed E-state index contributed by atoms with van der Waals surface area (Å²) in [6.07, 6.45) is 1.04. The highest BCUT2D eigenvalue weighted by Crippen LogP contribution is 2.32. The number of hydrogen-bond donors (Lipinski definition) is 1. The lowest BCUT2D eigenvalue weighted by Gasteiger charge is -2.23. The molecule has 0 fully saturated rings. The third-order valence-corrected chi connectivity index (χ3v) is 3.08. The molecule has 0 amide bonds. The van der Waals surface area contributed by atoms with Crippen LogP contribution in [-0.2, 0) is 5.41 Å². The minimum absolute atomic E-state index is 0.124. The Hall–Kier alpha value is -1.02. The maximum Gasteiger partial charge on any atom is 0.123 e. The van der Waals surface area contributed by atoms with Crippen molar-refractivity contribution in [3.8, 4) is 5.75 Å². The van der Waals surface area contributed by atoms with Gasteiger partial charge in [-0.15, -0.1) is 0 Å². The molecule has 1 aromatic carbocycles. The van der Waals surface area contributed by atoms with Crippen LogP contribution in [0.5, 0.6) is 5.75 Å². The molecule has 0 saturated heterocycles. The quantitative estimate of drug-likeness (QED) is 0.782. The molecule has 0 spiro atoms. The summed E-state index contributed by atoms with van der Waals surface area (Å²) < 4.78 is 5.99. The molecule has 0 heterocycles. The lowest BCUT2D eigenvalue weighted by atomic mass is 9.86. The molecular weight excluding hydrogens is 234 g/mol. The van der Waals surface area contributed by atoms with Gasteiger partial charge in [-0.3, -0.25) is 0 Å². The summed E-state index contributed by atoms with van der Waals surface area (Å²) in [6.45, 7) is 14.9. The molecule has 19 heavy (non-hydrogen) atoms. The smallest absolute Gasteiger partial charge is 0.123 e. The zero-order valence-electron chi connectivity index (χ0n) is 13.3. The maximum absolute atomic E-state index is 5.99. The minimum Gasteiger partial charge on any atom is -0.493 e. The van der Waals surface area contributed by atoms with Crippen LogP contribution in [-0.4, -0.2) is 19.2 Å². The molecular formula is C17H29NO. The zero-order valence-corrected chi connectivity index (χ0v) is 13.3. The predicted molar refractivity (Wildman–Crippen MR) is 83.1 cm³/mol. The second-order valence-electron chi connectivity index (χ2n) is 6.56. The third-order valence-electron chi connectivity index (χ3n) is 3.08. The van der Waals surface area contributed by atoms with Crippen molar-refractivity contribution in [3.63, 3.8) is 0 Å². The van der Waals surface area contributed by atoms with Crippen molar-refractivity contribution in [3.05, 3.63) is 29.3 Å². The Bertz CT molecular complexity index is 391. The number of hydrogen-bond acceptors (Lipinski definition) is 2. The molecule has 1 N–H and O–H groups in total. The molecule has 108 valence electrons. The van der Waals surface area contributed by atoms with Crippen LogP contribution in [0.2, 0.25) is 0 Å². The molecule has 0 aliphatic rings. The Balaban J connectivity index is 2.59. The van der Waals surface area contributed by atoms with E-state index in [1.807, 2.05) is 0 Å². The van der Waals surface area contributed by atoms with Gasteiger partial charge in [0.05, 0.1) is 6.61 Å². The molecule has 2 heteroatoms. The first kappa shape index (κ1) is 16.0. The van der Waals surface area contributed by atoms with E-state index in [1.165, 1.54) is 11.1 Å². The van der Waals surface area contributed by atoms with E-state index in [1.54, 1.807) is 0 Å². The van der Waals surface area contributed by atoms with Gasteiger partial charge in [0.15, 0.2) is 0 Å². The van der Waals surface area contributed by atoms with Crippen LogP contribution in [0, 0.1) is 6.92 Å². The molecule has 0 atom stereocenters. The molecule has 0 saturated carbocycles. The average molecular weight is 263 g/mol. The van der Waals surface area contributed by atoms with Gasteiger partial charge in [-0.05, 0) is 42.5 Å². The van der Waals surface area contributed by atoms with Gasteiger partial charge in [0.25, 0.3) is 0 Å². The van der Waals surface area contributed by atoms with Gasteiger partial charge >= 0.3 is 0 Å². The highest BCUT2D eigenvalue weighted by atomic mass is 16.5. The summed E-state index contributed by atoms with van der Waals surface area (Å²) in [7, 11) is 0. The Morgan fingerprint density at radius 1 is 1.21 bits per heavy atom. The Kier molecular flexibility index (Phi) is 5.86. The molecule has 0 radical (unpaired) electrons. The van der Waals surface area contributed by atoms with Gasteiger partial charge in [-0.25, -0.2) is 0 Å². The second kappa shape index (κ2) is 6.95. The number of nitrogens with one attached hydrogen (secondary N) is 1. The fourth-order valence-electron chi connectivity index (χ4n) is 2.01. The summed E-state index contributed by atoms with van der Waals surface area (Å²) in [5.74, 6) is 1.04. The topological polar surface area (TPSA) is 21.3 Å². The molecule has 1 rings (SSSR count). The second-order valence-corrected chi connectivity index (χ2v) is 6.56. The van der Waals surface area contributed by atoms with Gasteiger partial charge in [0, 0.05) is 6.04 Å². The highest BCUT2D eigenvalue weighted by Gasteiger charge is 2.18. The molecule has 0 bridgehead atoms. The highest BCUT2D eigenvalue weighted by molar-refractivity contribution is 5.41. The summed E-state index contributed by atoms with van der Waals surface area (Å²) in [5, 5.41) is 3.41. The van der Waals surface area contributed by atoms with Crippen LogP contribution < -0.4 is 10.1 Å². The molecule has 0 aliphatic carbocycles. The van der Waals surface area contributed by atoms with E-state index in [0.717, 1.165) is 25.3 Å². The summed E-state index contributed by atoms with van der Waals surface area (Å²) in [5.41, 5.74) is 2.66. The number of benzene rings is 1. The summed E-state index contributed by atoms with van der Waals surface area (Å²) in [6, 6.07) is 7.05. The van der Waals surface area contributed by atoms with Crippen molar-refractivity contribution in [2.75, 3.05) is 13.2 Å². The van der Waals surface area contributed by atoms with Crippen LogP contribution in [0.25, 0.3) is 0 Å². The van der Waals surface area contributed by atoms with Crippen LogP contribution in [0.15, 0.2) is 18.2 Å². The molecule has 0 unspecified atom stereocenters. The first-order valence-corrected chi connectivity index (χ1v) is 7.28. The fraction of sp³-hybridized carbons (Fsp3) is 0.647. The van der Waals surface area contributed by atoms with E-state index >= 15 is 0 Å². The van der Waals surface area contributed by atoms with Crippen molar-refractivity contribution < 1.29 is 4.74 Å². The van der Waals surface area contributed by atoms with E-state index in [9.17, 15) is 0 Å². The molecule has 1 aromatic rings. The standard InChI is InChI=1S/C17H29NO/c1-13(2)18-10-7-11-19-16-12-14(3)8-9-15(16)17(4,5)6/h8-9,12-13,18H,7,10-11H2,1-6H3. The van der Waals surface area contributed by atoms with E-state index in [4.69, 9.17) is 4.74 Å². The van der Waals surface area contributed by atoms with Crippen molar-refractivity contribution in [2.45, 2.75) is 59.4 Å². The van der Waals surface area contributed by atoms with Gasteiger partial charge in [0.1, 0.15) is 5.75 Å². The van der Waals surface area contributed by atoms with Crippen molar-refractivity contribution in [2.24, 2.45) is 0 Å². The van der Waals surface area contributed by atoms with E-state index in [0.29, 0.717) is 6.04 Å². The summed E-state index contributed by atoms with van der Waals surface area (Å²) in [4.78, 5) is 0. The molecule has 0 aromatic heterocycles. The minimum atomic E-state index is 0.124. The number of aryl methyl sites for hydroxylation is 1. The van der Waals surface area contributed by atoms with Gasteiger partial charge < -0.3 is 10.1 Å². The third kappa shape index (κ3) is 5.65. The zero-order chi connectivity index (χ0) is 14.5. The lowest BCUT2D eigenvalue weighted by molar-refractivity contribution is 0.298.